The van der Waals surface area contributed by atoms with Crippen molar-refractivity contribution in [3.8, 4) is 0 Å². The third-order valence-corrected chi connectivity index (χ3v) is 4.21. The standard InChI is InChI=1S/C11H17N3O3S/c1-2-18(16,17)6-5-14-8-3-4-10(12)9(7-8)11(13)15/h3-4,7,14H,2,5-6,12H2,1H3,(H2,13,15). The number of nitrogens with one attached hydrogen (secondary N) is 1. The van der Waals surface area contributed by atoms with Gasteiger partial charge in [0.15, 0.2) is 9.84 Å². The van der Waals surface area contributed by atoms with Crippen LogP contribution in [-0.4, -0.2) is 32.4 Å². The smallest absolute Gasteiger partial charge is 0.250 e. The molecule has 0 aliphatic carbocycles. The molecule has 7 heteroatoms. The highest BCUT2D eigenvalue weighted by atomic mass is 32.2. The van der Waals surface area contributed by atoms with Gasteiger partial charge in [0.2, 0.25) is 0 Å². The Labute approximate surface area is 106 Å². The molecule has 5 N–H and O–H groups in total. The Hall–Kier alpha value is -1.76. The minimum Gasteiger partial charge on any atom is -0.398 e. The maximum absolute atomic E-state index is 11.3. The minimum atomic E-state index is -3.00. The molecule has 0 radical (unpaired) electrons. The largest absolute Gasteiger partial charge is 0.398 e. The van der Waals surface area contributed by atoms with Gasteiger partial charge in [0.1, 0.15) is 0 Å². The monoisotopic (exact) mass is 271 g/mol. The Balaban J connectivity index is 2.69. The van der Waals surface area contributed by atoms with Gasteiger partial charge in [-0.25, -0.2) is 8.42 Å². The van der Waals surface area contributed by atoms with Crippen LogP contribution in [0.15, 0.2) is 18.2 Å². The second-order valence-electron chi connectivity index (χ2n) is 3.83. The lowest BCUT2D eigenvalue weighted by Gasteiger charge is -2.09. The van der Waals surface area contributed by atoms with Crippen LogP contribution in [0.25, 0.3) is 0 Å². The number of amides is 1. The number of hydrogen-bond donors (Lipinski definition) is 3. The lowest BCUT2D eigenvalue weighted by molar-refractivity contribution is 0.100. The van der Waals surface area contributed by atoms with Crippen LogP contribution < -0.4 is 16.8 Å². The lowest BCUT2D eigenvalue weighted by atomic mass is 10.1. The molecule has 0 aromatic heterocycles. The summed E-state index contributed by atoms with van der Waals surface area (Å²) in [5.74, 6) is -0.458. The number of carbonyl (C=O) groups excluding carboxylic acids is 1. The topological polar surface area (TPSA) is 115 Å². The number of nitrogen functional groups attached to an aromatic ring is 1. The molecule has 100 valence electrons. The van der Waals surface area contributed by atoms with Gasteiger partial charge in [-0.1, -0.05) is 6.92 Å². The zero-order valence-electron chi connectivity index (χ0n) is 10.1. The number of primary amides is 1. The highest BCUT2D eigenvalue weighted by Gasteiger charge is 2.08. The van der Waals surface area contributed by atoms with Crippen LogP contribution in [0.5, 0.6) is 0 Å². The molecule has 0 saturated heterocycles. The second-order valence-corrected chi connectivity index (χ2v) is 6.30. The molecule has 1 amide bonds. The summed E-state index contributed by atoms with van der Waals surface area (Å²) in [7, 11) is -3.00. The first-order valence-electron chi connectivity index (χ1n) is 5.49. The molecule has 0 unspecified atom stereocenters. The maximum Gasteiger partial charge on any atom is 0.250 e. The summed E-state index contributed by atoms with van der Waals surface area (Å²) in [5, 5.41) is 2.92. The SMILES string of the molecule is CCS(=O)(=O)CCNc1ccc(N)c(C(N)=O)c1. The quantitative estimate of drug-likeness (QED) is 0.640. The molecule has 0 fully saturated rings. The van der Waals surface area contributed by atoms with Gasteiger partial charge in [0.05, 0.1) is 11.3 Å². The Morgan fingerprint density at radius 2 is 2.06 bits per heavy atom. The Kier molecular flexibility index (Phi) is 4.55. The van der Waals surface area contributed by atoms with E-state index in [0.717, 1.165) is 0 Å². The van der Waals surface area contributed by atoms with Gasteiger partial charge in [-0.05, 0) is 18.2 Å². The fourth-order valence-electron chi connectivity index (χ4n) is 1.37. The molecular formula is C11H17N3O3S. The van der Waals surface area contributed by atoms with Crippen molar-refractivity contribution in [3.63, 3.8) is 0 Å². The summed E-state index contributed by atoms with van der Waals surface area (Å²) in [6.45, 7) is 1.88. The predicted octanol–water partition coefficient (Wildman–Crippen LogP) is 0.214. The second kappa shape index (κ2) is 5.72. The minimum absolute atomic E-state index is 0.0414. The van der Waals surface area contributed by atoms with Crippen LogP contribution in [0, 0.1) is 0 Å². The molecule has 0 atom stereocenters. The predicted molar refractivity (Wildman–Crippen MR) is 72.2 cm³/mol. The fourth-order valence-corrected chi connectivity index (χ4v) is 2.08. The summed E-state index contributed by atoms with van der Waals surface area (Å²) in [6, 6.07) is 4.73. The van der Waals surface area contributed by atoms with Crippen LogP contribution in [0.4, 0.5) is 11.4 Å². The van der Waals surface area contributed by atoms with Crippen molar-refractivity contribution in [2.75, 3.05) is 29.1 Å². The van der Waals surface area contributed by atoms with Crippen molar-refractivity contribution in [3.05, 3.63) is 23.8 Å². The molecular weight excluding hydrogens is 254 g/mol. The van der Waals surface area contributed by atoms with Crippen molar-refractivity contribution >= 4 is 27.1 Å². The van der Waals surface area contributed by atoms with Crippen molar-refractivity contribution in [2.45, 2.75) is 6.92 Å². The lowest BCUT2D eigenvalue weighted by Crippen LogP contribution is -2.18. The molecule has 0 spiro atoms. The molecule has 1 rings (SSSR count). The zero-order chi connectivity index (χ0) is 13.8. The van der Waals surface area contributed by atoms with Crippen LogP contribution >= 0.6 is 0 Å². The van der Waals surface area contributed by atoms with Gasteiger partial charge in [-0.2, -0.15) is 0 Å². The summed E-state index contributed by atoms with van der Waals surface area (Å²) in [5.41, 5.74) is 11.9. The van der Waals surface area contributed by atoms with Gasteiger partial charge in [-0.15, -0.1) is 0 Å². The Morgan fingerprint density at radius 1 is 1.39 bits per heavy atom. The molecule has 0 aliphatic heterocycles. The van der Waals surface area contributed by atoms with Gasteiger partial charge < -0.3 is 16.8 Å². The van der Waals surface area contributed by atoms with Gasteiger partial charge >= 0.3 is 0 Å². The number of rotatable bonds is 6. The van der Waals surface area contributed by atoms with E-state index in [-0.39, 0.29) is 23.6 Å². The number of sulfone groups is 1. The van der Waals surface area contributed by atoms with E-state index in [1.54, 1.807) is 19.1 Å². The molecule has 0 saturated carbocycles. The molecule has 0 aliphatic rings. The fraction of sp³-hybridized carbons (Fsp3) is 0.364. The molecule has 1 aromatic carbocycles. The van der Waals surface area contributed by atoms with E-state index < -0.39 is 15.7 Å². The molecule has 6 nitrogen and oxygen atoms in total. The zero-order valence-corrected chi connectivity index (χ0v) is 11.0. The number of hydrogen-bond acceptors (Lipinski definition) is 5. The third-order valence-electron chi connectivity index (χ3n) is 2.50. The van der Waals surface area contributed by atoms with E-state index in [9.17, 15) is 13.2 Å². The van der Waals surface area contributed by atoms with Gasteiger partial charge in [-0.3, -0.25) is 4.79 Å². The van der Waals surface area contributed by atoms with Crippen LogP contribution in [-0.2, 0) is 9.84 Å². The van der Waals surface area contributed by atoms with E-state index in [1.165, 1.54) is 6.07 Å². The first kappa shape index (κ1) is 14.3. The Morgan fingerprint density at radius 3 is 2.61 bits per heavy atom. The summed E-state index contributed by atoms with van der Waals surface area (Å²) in [6.07, 6.45) is 0. The number of benzene rings is 1. The first-order chi connectivity index (χ1) is 8.35. The summed E-state index contributed by atoms with van der Waals surface area (Å²) >= 11 is 0. The van der Waals surface area contributed by atoms with Crippen molar-refractivity contribution in [1.82, 2.24) is 0 Å². The number of carbonyl (C=O) groups is 1. The van der Waals surface area contributed by atoms with E-state index in [0.29, 0.717) is 11.4 Å². The van der Waals surface area contributed by atoms with Crippen LogP contribution in [0.2, 0.25) is 0 Å². The van der Waals surface area contributed by atoms with E-state index in [2.05, 4.69) is 5.32 Å². The van der Waals surface area contributed by atoms with Gasteiger partial charge in [0, 0.05) is 23.7 Å². The first-order valence-corrected chi connectivity index (χ1v) is 7.31. The van der Waals surface area contributed by atoms with Crippen molar-refractivity contribution in [1.29, 1.82) is 0 Å². The normalized spacial score (nSPS) is 11.2. The maximum atomic E-state index is 11.3. The highest BCUT2D eigenvalue weighted by molar-refractivity contribution is 7.91. The van der Waals surface area contributed by atoms with Crippen molar-refractivity contribution in [2.24, 2.45) is 5.73 Å². The van der Waals surface area contributed by atoms with Crippen LogP contribution in [0.1, 0.15) is 17.3 Å². The molecule has 0 bridgehead atoms. The highest BCUT2D eigenvalue weighted by Crippen LogP contribution is 2.17. The molecule has 0 heterocycles. The molecule has 1 aromatic rings. The number of nitrogens with two attached hydrogens (primary N) is 2. The molecule has 18 heavy (non-hydrogen) atoms. The average molecular weight is 271 g/mol. The summed E-state index contributed by atoms with van der Waals surface area (Å²) in [4.78, 5) is 11.1. The van der Waals surface area contributed by atoms with Crippen LogP contribution in [0.3, 0.4) is 0 Å². The average Bonchev–Trinajstić information content (AvgIpc) is 2.31. The third kappa shape index (κ3) is 3.92. The Bertz CT molecular complexity index is 540. The summed E-state index contributed by atoms with van der Waals surface area (Å²) < 4.78 is 22.6. The van der Waals surface area contributed by atoms with Gasteiger partial charge in [0.25, 0.3) is 5.91 Å². The van der Waals surface area contributed by atoms with E-state index >= 15 is 0 Å². The number of anilines is 2. The van der Waals surface area contributed by atoms with E-state index in [1.807, 2.05) is 0 Å². The van der Waals surface area contributed by atoms with E-state index in [4.69, 9.17) is 11.5 Å². The van der Waals surface area contributed by atoms with Crippen molar-refractivity contribution < 1.29 is 13.2 Å².